The van der Waals surface area contributed by atoms with Crippen molar-refractivity contribution >= 4 is 5.91 Å². The van der Waals surface area contributed by atoms with Gasteiger partial charge in [-0.1, -0.05) is 0 Å². The molecule has 0 aromatic carbocycles. The van der Waals surface area contributed by atoms with Gasteiger partial charge in [-0.15, -0.1) is 0 Å². The van der Waals surface area contributed by atoms with Gasteiger partial charge in [-0.25, -0.2) is 0 Å². The van der Waals surface area contributed by atoms with E-state index in [1.54, 1.807) is 0 Å². The average molecular weight is 231 g/mol. The van der Waals surface area contributed by atoms with Crippen LogP contribution in [0.25, 0.3) is 0 Å². The van der Waals surface area contributed by atoms with Crippen LogP contribution < -0.4 is 27.0 Å². The number of amides is 1. The first kappa shape index (κ1) is 15.3. The second-order valence-electron chi connectivity index (χ2n) is 3.52. The largest absolute Gasteiger partial charge is 0.355 e. The summed E-state index contributed by atoms with van der Waals surface area (Å²) in [7, 11) is 0. The molecular formula is C10H25N5O. The Morgan fingerprint density at radius 1 is 0.875 bits per heavy atom. The van der Waals surface area contributed by atoms with Crippen LogP contribution in [-0.4, -0.2) is 58.3 Å². The fourth-order valence-electron chi connectivity index (χ4n) is 1.16. The number of nitrogens with two attached hydrogens (primary N) is 1. The molecule has 0 spiro atoms. The first-order valence-electron chi connectivity index (χ1n) is 5.84. The van der Waals surface area contributed by atoms with Gasteiger partial charge in [0.05, 0.1) is 0 Å². The number of carbonyl (C=O) groups is 1. The van der Waals surface area contributed by atoms with Gasteiger partial charge in [-0.2, -0.15) is 0 Å². The van der Waals surface area contributed by atoms with Crippen LogP contribution in [-0.2, 0) is 4.79 Å². The van der Waals surface area contributed by atoms with Crippen molar-refractivity contribution in [2.75, 3.05) is 52.4 Å². The van der Waals surface area contributed by atoms with E-state index >= 15 is 0 Å². The molecule has 0 saturated carbocycles. The molecule has 0 bridgehead atoms. The van der Waals surface area contributed by atoms with Gasteiger partial charge in [-0.3, -0.25) is 4.79 Å². The Hall–Kier alpha value is -0.690. The molecular weight excluding hydrogens is 206 g/mol. The Balaban J connectivity index is 2.90. The average Bonchev–Trinajstić information content (AvgIpc) is 2.25. The highest BCUT2D eigenvalue weighted by atomic mass is 16.1. The molecule has 0 rings (SSSR count). The predicted octanol–water partition coefficient (Wildman–Crippen LogP) is -2.15. The lowest BCUT2D eigenvalue weighted by molar-refractivity contribution is -0.118. The molecule has 0 unspecified atom stereocenters. The third-order valence-corrected chi connectivity index (χ3v) is 1.95. The maximum Gasteiger partial charge on any atom is 0.216 e. The van der Waals surface area contributed by atoms with Crippen molar-refractivity contribution in [1.82, 2.24) is 21.3 Å². The third kappa shape index (κ3) is 13.3. The van der Waals surface area contributed by atoms with Crippen LogP contribution in [0.15, 0.2) is 0 Å². The summed E-state index contributed by atoms with van der Waals surface area (Å²) in [6, 6.07) is 0. The van der Waals surface area contributed by atoms with Crippen molar-refractivity contribution in [1.29, 1.82) is 0 Å². The van der Waals surface area contributed by atoms with Crippen molar-refractivity contribution in [3.8, 4) is 0 Å². The normalized spacial score (nSPS) is 10.4. The molecule has 0 saturated heterocycles. The SMILES string of the molecule is CC(=O)NCCNCCNCCNCCN. The van der Waals surface area contributed by atoms with E-state index in [0.717, 1.165) is 39.3 Å². The summed E-state index contributed by atoms with van der Waals surface area (Å²) in [5.41, 5.74) is 5.34. The van der Waals surface area contributed by atoms with E-state index in [1.165, 1.54) is 6.92 Å². The second-order valence-corrected chi connectivity index (χ2v) is 3.52. The Labute approximate surface area is 97.7 Å². The monoisotopic (exact) mass is 231 g/mol. The molecule has 0 aliphatic heterocycles. The maximum atomic E-state index is 10.5. The molecule has 6 heteroatoms. The Morgan fingerprint density at radius 3 is 1.75 bits per heavy atom. The van der Waals surface area contributed by atoms with Gasteiger partial charge >= 0.3 is 0 Å². The van der Waals surface area contributed by atoms with Crippen LogP contribution >= 0.6 is 0 Å². The van der Waals surface area contributed by atoms with E-state index in [0.29, 0.717) is 13.1 Å². The standard InChI is InChI=1S/C10H25N5O/c1-10(16)15-9-8-14-7-6-13-5-4-12-3-2-11/h12-14H,2-9,11H2,1H3,(H,15,16). The zero-order valence-electron chi connectivity index (χ0n) is 10.1. The van der Waals surface area contributed by atoms with Crippen LogP contribution in [0, 0.1) is 0 Å². The second kappa shape index (κ2) is 12.4. The van der Waals surface area contributed by atoms with E-state index in [4.69, 9.17) is 5.73 Å². The van der Waals surface area contributed by atoms with Crippen LogP contribution in [0.4, 0.5) is 0 Å². The van der Waals surface area contributed by atoms with Crippen molar-refractivity contribution in [2.45, 2.75) is 6.92 Å². The Morgan fingerprint density at radius 2 is 1.31 bits per heavy atom. The Kier molecular flexibility index (Phi) is 11.8. The summed E-state index contributed by atoms with van der Waals surface area (Å²) in [5.74, 6) is 0.0194. The van der Waals surface area contributed by atoms with Crippen LogP contribution in [0.3, 0.4) is 0 Å². The molecule has 0 atom stereocenters. The van der Waals surface area contributed by atoms with Gasteiger partial charge in [-0.05, 0) is 0 Å². The summed E-state index contributed by atoms with van der Waals surface area (Å²) in [6.45, 7) is 8.33. The van der Waals surface area contributed by atoms with E-state index < -0.39 is 0 Å². The highest BCUT2D eigenvalue weighted by Crippen LogP contribution is 1.63. The molecule has 0 heterocycles. The molecule has 0 radical (unpaired) electrons. The molecule has 0 fully saturated rings. The van der Waals surface area contributed by atoms with E-state index in [1.807, 2.05) is 0 Å². The van der Waals surface area contributed by atoms with Gasteiger partial charge in [0, 0.05) is 59.3 Å². The first-order valence-corrected chi connectivity index (χ1v) is 5.84. The lowest BCUT2D eigenvalue weighted by Gasteiger charge is -2.07. The topological polar surface area (TPSA) is 91.2 Å². The molecule has 6 N–H and O–H groups in total. The highest BCUT2D eigenvalue weighted by Gasteiger charge is 1.90. The molecule has 96 valence electrons. The van der Waals surface area contributed by atoms with E-state index in [-0.39, 0.29) is 5.91 Å². The van der Waals surface area contributed by atoms with Crippen molar-refractivity contribution in [2.24, 2.45) is 5.73 Å². The quantitative estimate of drug-likeness (QED) is 0.262. The minimum atomic E-state index is 0.0194. The van der Waals surface area contributed by atoms with Crippen molar-refractivity contribution in [3.05, 3.63) is 0 Å². The van der Waals surface area contributed by atoms with Gasteiger partial charge in [0.15, 0.2) is 0 Å². The maximum absolute atomic E-state index is 10.5. The molecule has 1 amide bonds. The number of hydrogen-bond donors (Lipinski definition) is 5. The van der Waals surface area contributed by atoms with E-state index in [2.05, 4.69) is 21.3 Å². The van der Waals surface area contributed by atoms with Gasteiger partial charge in [0.25, 0.3) is 0 Å². The fourth-order valence-corrected chi connectivity index (χ4v) is 1.16. The summed E-state index contributed by atoms with van der Waals surface area (Å²) >= 11 is 0. The van der Waals surface area contributed by atoms with Gasteiger partial charge < -0.3 is 27.0 Å². The molecule has 0 aliphatic rings. The third-order valence-electron chi connectivity index (χ3n) is 1.95. The Bertz CT molecular complexity index is 165. The molecule has 16 heavy (non-hydrogen) atoms. The zero-order chi connectivity index (χ0) is 12.1. The lowest BCUT2D eigenvalue weighted by Crippen LogP contribution is -2.36. The minimum absolute atomic E-state index is 0.0194. The minimum Gasteiger partial charge on any atom is -0.355 e. The fraction of sp³-hybridized carbons (Fsp3) is 0.900. The number of hydrogen-bond acceptors (Lipinski definition) is 5. The van der Waals surface area contributed by atoms with Crippen molar-refractivity contribution in [3.63, 3.8) is 0 Å². The van der Waals surface area contributed by atoms with Crippen LogP contribution in [0.1, 0.15) is 6.92 Å². The first-order chi connectivity index (χ1) is 7.77. The van der Waals surface area contributed by atoms with Gasteiger partial charge in [0.1, 0.15) is 0 Å². The van der Waals surface area contributed by atoms with Gasteiger partial charge in [0.2, 0.25) is 5.91 Å². The van der Waals surface area contributed by atoms with Crippen molar-refractivity contribution < 1.29 is 4.79 Å². The van der Waals surface area contributed by atoms with Crippen LogP contribution in [0.2, 0.25) is 0 Å². The lowest BCUT2D eigenvalue weighted by atomic mass is 10.5. The summed E-state index contributed by atoms with van der Waals surface area (Å²) < 4.78 is 0. The summed E-state index contributed by atoms with van der Waals surface area (Å²) in [4.78, 5) is 10.5. The smallest absolute Gasteiger partial charge is 0.216 e. The molecule has 6 nitrogen and oxygen atoms in total. The van der Waals surface area contributed by atoms with Crippen LogP contribution in [0.5, 0.6) is 0 Å². The molecule has 0 aromatic heterocycles. The number of rotatable bonds is 11. The summed E-state index contributed by atoms with van der Waals surface area (Å²) in [6.07, 6.45) is 0. The zero-order valence-corrected chi connectivity index (χ0v) is 10.1. The number of carbonyl (C=O) groups excluding carboxylic acids is 1. The number of nitrogens with one attached hydrogen (secondary N) is 4. The predicted molar refractivity (Wildman–Crippen MR) is 66.3 cm³/mol. The summed E-state index contributed by atoms with van der Waals surface area (Å²) in [5, 5.41) is 12.4. The van der Waals surface area contributed by atoms with E-state index in [9.17, 15) is 4.79 Å². The molecule has 0 aliphatic carbocycles. The molecule has 0 aromatic rings. The highest BCUT2D eigenvalue weighted by molar-refractivity contribution is 5.72.